The van der Waals surface area contributed by atoms with E-state index in [2.05, 4.69) is 27.3 Å². The van der Waals surface area contributed by atoms with E-state index < -0.39 is 0 Å². The number of amides is 1. The molecule has 6 heteroatoms. The number of nitrogens with one attached hydrogen (secondary N) is 1. The summed E-state index contributed by atoms with van der Waals surface area (Å²) in [6, 6.07) is 10.2. The molecule has 116 valence electrons. The SMILES string of the molecule is Cn1c(Cl)cnc1CN1CCNC(=O)CC1c1ccccc1. The van der Waals surface area contributed by atoms with Gasteiger partial charge in [0.1, 0.15) is 11.0 Å². The van der Waals surface area contributed by atoms with Crippen molar-refractivity contribution in [2.45, 2.75) is 19.0 Å². The molecule has 1 fully saturated rings. The molecule has 0 aliphatic carbocycles. The van der Waals surface area contributed by atoms with E-state index >= 15 is 0 Å². The van der Waals surface area contributed by atoms with Crippen molar-refractivity contribution < 1.29 is 4.79 Å². The average Bonchev–Trinajstić information content (AvgIpc) is 2.73. The summed E-state index contributed by atoms with van der Waals surface area (Å²) in [5, 5.41) is 3.57. The topological polar surface area (TPSA) is 50.2 Å². The van der Waals surface area contributed by atoms with Gasteiger partial charge < -0.3 is 9.88 Å². The Morgan fingerprint density at radius 2 is 2.14 bits per heavy atom. The highest BCUT2D eigenvalue weighted by Crippen LogP contribution is 2.27. The molecule has 3 rings (SSSR count). The standard InChI is InChI=1S/C16H19ClN4O/c1-20-14(17)10-19-15(20)11-21-8-7-18-16(22)9-13(21)12-5-3-2-4-6-12/h2-6,10,13H,7-9,11H2,1H3,(H,18,22). The Balaban J connectivity index is 1.88. The molecule has 1 saturated heterocycles. The maximum atomic E-state index is 12.0. The number of hydrogen-bond donors (Lipinski definition) is 1. The number of rotatable bonds is 3. The minimum Gasteiger partial charge on any atom is -0.355 e. The van der Waals surface area contributed by atoms with Crippen LogP contribution in [0.25, 0.3) is 0 Å². The molecular formula is C16H19ClN4O. The van der Waals surface area contributed by atoms with Crippen molar-refractivity contribution in [3.63, 3.8) is 0 Å². The molecule has 1 unspecified atom stereocenters. The monoisotopic (exact) mass is 318 g/mol. The highest BCUT2D eigenvalue weighted by atomic mass is 35.5. The first kappa shape index (κ1) is 15.1. The van der Waals surface area contributed by atoms with E-state index in [1.165, 1.54) is 0 Å². The van der Waals surface area contributed by atoms with Crippen LogP contribution in [0, 0.1) is 0 Å². The third-order valence-corrected chi connectivity index (χ3v) is 4.45. The summed E-state index contributed by atoms with van der Waals surface area (Å²) < 4.78 is 1.88. The summed E-state index contributed by atoms with van der Waals surface area (Å²) in [6.45, 7) is 2.11. The lowest BCUT2D eigenvalue weighted by Gasteiger charge is -2.29. The summed E-state index contributed by atoms with van der Waals surface area (Å²) in [7, 11) is 1.91. The molecule has 1 amide bonds. The Morgan fingerprint density at radius 3 is 2.82 bits per heavy atom. The number of aromatic nitrogens is 2. The lowest BCUT2D eigenvalue weighted by molar-refractivity contribution is -0.121. The fourth-order valence-electron chi connectivity index (χ4n) is 2.82. The lowest BCUT2D eigenvalue weighted by Crippen LogP contribution is -2.31. The first-order chi connectivity index (χ1) is 10.6. The van der Waals surface area contributed by atoms with Gasteiger partial charge in [0.25, 0.3) is 0 Å². The zero-order chi connectivity index (χ0) is 15.5. The molecule has 5 nitrogen and oxygen atoms in total. The van der Waals surface area contributed by atoms with Crippen molar-refractivity contribution >= 4 is 17.5 Å². The molecule has 0 bridgehead atoms. The number of imidazole rings is 1. The molecule has 1 N–H and O–H groups in total. The van der Waals surface area contributed by atoms with Crippen LogP contribution < -0.4 is 5.32 Å². The Morgan fingerprint density at radius 1 is 1.36 bits per heavy atom. The van der Waals surface area contributed by atoms with Crippen molar-refractivity contribution in [2.24, 2.45) is 7.05 Å². The largest absolute Gasteiger partial charge is 0.355 e. The van der Waals surface area contributed by atoms with Crippen molar-refractivity contribution in [3.8, 4) is 0 Å². The zero-order valence-electron chi connectivity index (χ0n) is 12.5. The number of carbonyl (C=O) groups is 1. The maximum absolute atomic E-state index is 12.0. The predicted octanol–water partition coefficient (Wildman–Crippen LogP) is 2.14. The van der Waals surface area contributed by atoms with Gasteiger partial charge in [-0.3, -0.25) is 9.69 Å². The molecule has 1 aliphatic rings. The first-order valence-electron chi connectivity index (χ1n) is 7.37. The summed E-state index contributed by atoms with van der Waals surface area (Å²) in [5.41, 5.74) is 1.15. The minimum atomic E-state index is 0.0548. The fourth-order valence-corrected chi connectivity index (χ4v) is 2.96. The molecule has 2 aromatic rings. The van der Waals surface area contributed by atoms with Crippen LogP contribution in [0.3, 0.4) is 0 Å². The quantitative estimate of drug-likeness (QED) is 0.943. The summed E-state index contributed by atoms with van der Waals surface area (Å²) >= 11 is 6.07. The van der Waals surface area contributed by atoms with E-state index in [1.807, 2.05) is 29.8 Å². The van der Waals surface area contributed by atoms with Crippen molar-refractivity contribution in [1.82, 2.24) is 19.8 Å². The molecular weight excluding hydrogens is 300 g/mol. The summed E-state index contributed by atoms with van der Waals surface area (Å²) in [4.78, 5) is 18.6. The van der Waals surface area contributed by atoms with Crippen LogP contribution in [0.5, 0.6) is 0 Å². The zero-order valence-corrected chi connectivity index (χ0v) is 13.3. The van der Waals surface area contributed by atoms with Crippen LogP contribution in [-0.2, 0) is 18.4 Å². The van der Waals surface area contributed by atoms with Gasteiger partial charge in [-0.25, -0.2) is 4.98 Å². The number of benzene rings is 1. The van der Waals surface area contributed by atoms with E-state index in [0.29, 0.717) is 24.7 Å². The molecule has 1 atom stereocenters. The molecule has 0 radical (unpaired) electrons. The smallest absolute Gasteiger partial charge is 0.221 e. The maximum Gasteiger partial charge on any atom is 0.221 e. The van der Waals surface area contributed by atoms with Crippen LogP contribution >= 0.6 is 11.6 Å². The van der Waals surface area contributed by atoms with Crippen LogP contribution in [0.15, 0.2) is 36.5 Å². The second-order valence-corrected chi connectivity index (χ2v) is 5.89. The Bertz CT molecular complexity index is 655. The molecule has 2 heterocycles. The van der Waals surface area contributed by atoms with E-state index in [1.54, 1.807) is 6.20 Å². The van der Waals surface area contributed by atoms with E-state index in [4.69, 9.17) is 11.6 Å². The molecule has 0 spiro atoms. The van der Waals surface area contributed by atoms with Gasteiger partial charge >= 0.3 is 0 Å². The molecule has 1 aromatic carbocycles. The van der Waals surface area contributed by atoms with Crippen LogP contribution in [-0.4, -0.2) is 33.4 Å². The average molecular weight is 319 g/mol. The molecule has 1 aromatic heterocycles. The van der Waals surface area contributed by atoms with Crippen LogP contribution in [0.4, 0.5) is 0 Å². The van der Waals surface area contributed by atoms with Gasteiger partial charge in [-0.1, -0.05) is 41.9 Å². The number of halogens is 1. The highest BCUT2D eigenvalue weighted by molar-refractivity contribution is 6.29. The van der Waals surface area contributed by atoms with E-state index in [-0.39, 0.29) is 11.9 Å². The minimum absolute atomic E-state index is 0.0548. The van der Waals surface area contributed by atoms with Gasteiger partial charge in [-0.05, 0) is 5.56 Å². The fraction of sp³-hybridized carbons (Fsp3) is 0.375. The normalized spacial score (nSPS) is 19.7. The van der Waals surface area contributed by atoms with Crippen LogP contribution in [0.1, 0.15) is 23.9 Å². The molecule has 1 aliphatic heterocycles. The predicted molar refractivity (Wildman–Crippen MR) is 85.4 cm³/mol. The molecule has 0 saturated carbocycles. The van der Waals surface area contributed by atoms with Crippen molar-refractivity contribution in [1.29, 1.82) is 0 Å². The van der Waals surface area contributed by atoms with Gasteiger partial charge in [0.2, 0.25) is 5.91 Å². The lowest BCUT2D eigenvalue weighted by atomic mass is 10.0. The third-order valence-electron chi connectivity index (χ3n) is 4.10. The van der Waals surface area contributed by atoms with Gasteiger partial charge in [0.05, 0.1) is 12.7 Å². The summed E-state index contributed by atoms with van der Waals surface area (Å²) in [5.74, 6) is 0.995. The number of hydrogen-bond acceptors (Lipinski definition) is 3. The highest BCUT2D eigenvalue weighted by Gasteiger charge is 2.27. The number of carbonyl (C=O) groups excluding carboxylic acids is 1. The van der Waals surface area contributed by atoms with Gasteiger partial charge in [-0.2, -0.15) is 0 Å². The van der Waals surface area contributed by atoms with Gasteiger partial charge in [0, 0.05) is 32.6 Å². The second-order valence-electron chi connectivity index (χ2n) is 5.51. The van der Waals surface area contributed by atoms with E-state index in [0.717, 1.165) is 17.9 Å². The van der Waals surface area contributed by atoms with Crippen molar-refractivity contribution in [2.75, 3.05) is 13.1 Å². The van der Waals surface area contributed by atoms with E-state index in [9.17, 15) is 4.79 Å². The van der Waals surface area contributed by atoms with Crippen molar-refractivity contribution in [3.05, 3.63) is 53.1 Å². The Labute approximate surface area is 134 Å². The first-order valence-corrected chi connectivity index (χ1v) is 7.74. The second kappa shape index (κ2) is 6.50. The summed E-state index contributed by atoms with van der Waals surface area (Å²) in [6.07, 6.45) is 2.12. The number of nitrogens with zero attached hydrogens (tertiary/aromatic N) is 3. The molecule has 22 heavy (non-hydrogen) atoms. The van der Waals surface area contributed by atoms with Gasteiger partial charge in [-0.15, -0.1) is 0 Å². The third kappa shape index (κ3) is 3.15. The Hall–Kier alpha value is -1.85. The van der Waals surface area contributed by atoms with Gasteiger partial charge in [0.15, 0.2) is 0 Å². The Kier molecular flexibility index (Phi) is 4.45. The van der Waals surface area contributed by atoms with Crippen LogP contribution in [0.2, 0.25) is 5.15 Å².